The van der Waals surface area contributed by atoms with Crippen molar-refractivity contribution in [2.24, 2.45) is 0 Å². The van der Waals surface area contributed by atoms with Gasteiger partial charge in [-0.25, -0.2) is 0 Å². The van der Waals surface area contributed by atoms with Crippen molar-refractivity contribution >= 4 is 17.3 Å². The minimum atomic E-state index is -0.536. The van der Waals surface area contributed by atoms with Crippen LogP contribution in [0.5, 0.6) is 5.75 Å². The average Bonchev–Trinajstić information content (AvgIpc) is 2.41. The molecule has 2 rings (SSSR count). The number of nitro benzene ring substituents is 1. The fourth-order valence-corrected chi connectivity index (χ4v) is 1.72. The van der Waals surface area contributed by atoms with Gasteiger partial charge in [0.2, 0.25) is 0 Å². The number of aryl methyl sites for hydroxylation is 1. The number of aromatic hydroxyl groups is 1. The number of nitro groups is 1. The highest BCUT2D eigenvalue weighted by Crippen LogP contribution is 2.24. The summed E-state index contributed by atoms with van der Waals surface area (Å²) >= 11 is 0. The molecule has 2 aromatic rings. The Morgan fingerprint density at radius 2 is 1.95 bits per heavy atom. The Labute approximate surface area is 114 Å². The van der Waals surface area contributed by atoms with Gasteiger partial charge in [-0.2, -0.15) is 0 Å². The number of nitrogens with zero attached hydrogens (tertiary/aromatic N) is 1. The number of nitrogens with one attached hydrogen (secondary N) is 1. The molecule has 0 heterocycles. The molecule has 0 spiro atoms. The number of hydrogen-bond donors (Lipinski definition) is 2. The Balaban J connectivity index is 2.28. The molecule has 6 nitrogen and oxygen atoms in total. The lowest BCUT2D eigenvalue weighted by Gasteiger charge is -2.07. The fourth-order valence-electron chi connectivity index (χ4n) is 1.72. The zero-order chi connectivity index (χ0) is 14.7. The first-order valence-electron chi connectivity index (χ1n) is 5.83. The molecule has 0 radical (unpaired) electrons. The number of benzene rings is 2. The lowest BCUT2D eigenvalue weighted by molar-refractivity contribution is -0.385. The summed E-state index contributed by atoms with van der Waals surface area (Å²) in [7, 11) is 0. The van der Waals surface area contributed by atoms with E-state index in [1.807, 2.05) is 0 Å². The largest absolute Gasteiger partial charge is 0.506 e. The predicted octanol–water partition coefficient (Wildman–Crippen LogP) is 2.86. The van der Waals surface area contributed by atoms with E-state index in [-0.39, 0.29) is 22.7 Å². The third-order valence-electron chi connectivity index (χ3n) is 2.82. The van der Waals surface area contributed by atoms with E-state index in [0.29, 0.717) is 5.56 Å². The number of phenolic OH excluding ortho intramolecular Hbond substituents is 1. The van der Waals surface area contributed by atoms with E-state index < -0.39 is 10.8 Å². The quantitative estimate of drug-likeness (QED) is 0.510. The van der Waals surface area contributed by atoms with Crippen LogP contribution in [-0.4, -0.2) is 15.9 Å². The van der Waals surface area contributed by atoms with Crippen LogP contribution in [0, 0.1) is 17.0 Å². The number of phenols is 1. The molecule has 0 aromatic heterocycles. The summed E-state index contributed by atoms with van der Waals surface area (Å²) in [6, 6.07) is 10.5. The highest BCUT2D eigenvalue weighted by molar-refractivity contribution is 6.05. The molecule has 0 aliphatic heterocycles. The maximum Gasteiger partial charge on any atom is 0.273 e. The molecular weight excluding hydrogens is 260 g/mol. The minimum absolute atomic E-state index is 0.0672. The number of rotatable bonds is 3. The van der Waals surface area contributed by atoms with Crippen LogP contribution in [0.1, 0.15) is 15.9 Å². The fraction of sp³-hybridized carbons (Fsp3) is 0.0714. The lowest BCUT2D eigenvalue weighted by atomic mass is 10.1. The van der Waals surface area contributed by atoms with Crippen LogP contribution < -0.4 is 5.32 Å². The number of hydrogen-bond acceptors (Lipinski definition) is 4. The standard InChI is InChI=1S/C14H12N2O4/c1-9-6-7-10(8-12(9)16(19)20)14(18)15-11-4-2-3-5-13(11)17/h2-8,17H,1H3,(H,15,18). The van der Waals surface area contributed by atoms with Crippen molar-refractivity contribution in [1.82, 2.24) is 0 Å². The summed E-state index contributed by atoms with van der Waals surface area (Å²) < 4.78 is 0. The van der Waals surface area contributed by atoms with Crippen molar-refractivity contribution in [2.75, 3.05) is 5.32 Å². The Morgan fingerprint density at radius 1 is 1.25 bits per heavy atom. The SMILES string of the molecule is Cc1ccc(C(=O)Nc2ccccc2O)cc1[N+](=O)[O-]. The molecule has 6 heteroatoms. The van der Waals surface area contributed by atoms with Crippen molar-refractivity contribution in [2.45, 2.75) is 6.92 Å². The van der Waals surface area contributed by atoms with Gasteiger partial charge in [-0.1, -0.05) is 18.2 Å². The molecule has 0 aliphatic rings. The van der Waals surface area contributed by atoms with Gasteiger partial charge in [0.25, 0.3) is 11.6 Å². The topological polar surface area (TPSA) is 92.5 Å². The van der Waals surface area contributed by atoms with E-state index in [2.05, 4.69) is 5.32 Å². The summed E-state index contributed by atoms with van der Waals surface area (Å²) in [5.74, 6) is -0.586. The van der Waals surface area contributed by atoms with Crippen molar-refractivity contribution in [3.05, 3.63) is 63.7 Å². The first-order valence-corrected chi connectivity index (χ1v) is 5.83. The van der Waals surface area contributed by atoms with E-state index in [1.165, 1.54) is 30.3 Å². The maximum atomic E-state index is 12.0. The van der Waals surface area contributed by atoms with Crippen LogP contribution in [0.25, 0.3) is 0 Å². The zero-order valence-electron chi connectivity index (χ0n) is 10.7. The van der Waals surface area contributed by atoms with Crippen molar-refractivity contribution < 1.29 is 14.8 Å². The van der Waals surface area contributed by atoms with Crippen molar-refractivity contribution in [3.8, 4) is 5.75 Å². The highest BCUT2D eigenvalue weighted by atomic mass is 16.6. The zero-order valence-corrected chi connectivity index (χ0v) is 10.7. The lowest BCUT2D eigenvalue weighted by Crippen LogP contribution is -2.12. The summed E-state index contributed by atoms with van der Waals surface area (Å²) in [6.07, 6.45) is 0. The second-order valence-electron chi connectivity index (χ2n) is 4.23. The summed E-state index contributed by atoms with van der Waals surface area (Å²) in [5.41, 5.74) is 0.773. The van der Waals surface area contributed by atoms with E-state index in [0.717, 1.165) is 0 Å². The third-order valence-corrected chi connectivity index (χ3v) is 2.82. The molecule has 2 N–H and O–H groups in total. The van der Waals surface area contributed by atoms with Crippen LogP contribution in [0.15, 0.2) is 42.5 Å². The van der Waals surface area contributed by atoms with Gasteiger partial charge in [-0.3, -0.25) is 14.9 Å². The Hall–Kier alpha value is -2.89. The molecule has 20 heavy (non-hydrogen) atoms. The van der Waals surface area contributed by atoms with Gasteiger partial charge in [0.05, 0.1) is 10.6 Å². The molecule has 2 aromatic carbocycles. The van der Waals surface area contributed by atoms with Crippen LogP contribution in [0.3, 0.4) is 0 Å². The molecule has 0 saturated heterocycles. The van der Waals surface area contributed by atoms with Crippen LogP contribution in [0.4, 0.5) is 11.4 Å². The van der Waals surface area contributed by atoms with Gasteiger partial charge in [-0.15, -0.1) is 0 Å². The normalized spacial score (nSPS) is 10.1. The molecule has 0 fully saturated rings. The van der Waals surface area contributed by atoms with Crippen molar-refractivity contribution in [3.63, 3.8) is 0 Å². The number of carbonyl (C=O) groups is 1. The van der Waals surface area contributed by atoms with Gasteiger partial charge in [0.15, 0.2) is 0 Å². The van der Waals surface area contributed by atoms with Gasteiger partial charge in [0.1, 0.15) is 5.75 Å². The minimum Gasteiger partial charge on any atom is -0.506 e. The first-order chi connectivity index (χ1) is 9.49. The third kappa shape index (κ3) is 2.74. The number of amides is 1. The van der Waals surface area contributed by atoms with Crippen LogP contribution in [0.2, 0.25) is 0 Å². The van der Waals surface area contributed by atoms with Gasteiger partial charge < -0.3 is 10.4 Å². The molecular formula is C14H12N2O4. The Kier molecular flexibility index (Phi) is 3.65. The Morgan fingerprint density at radius 3 is 2.60 bits per heavy atom. The Bertz CT molecular complexity index is 683. The summed E-state index contributed by atoms with van der Waals surface area (Å²) in [4.78, 5) is 22.3. The van der Waals surface area contributed by atoms with E-state index in [1.54, 1.807) is 19.1 Å². The summed E-state index contributed by atoms with van der Waals surface area (Å²) in [6.45, 7) is 1.60. The molecule has 0 unspecified atom stereocenters. The van der Waals surface area contributed by atoms with Gasteiger partial charge in [-0.05, 0) is 25.1 Å². The molecule has 0 bridgehead atoms. The highest BCUT2D eigenvalue weighted by Gasteiger charge is 2.15. The van der Waals surface area contributed by atoms with Gasteiger partial charge in [0, 0.05) is 17.2 Å². The molecule has 1 amide bonds. The number of carbonyl (C=O) groups excluding carboxylic acids is 1. The number of anilines is 1. The monoisotopic (exact) mass is 272 g/mol. The van der Waals surface area contributed by atoms with E-state index in [9.17, 15) is 20.0 Å². The number of para-hydroxylation sites is 2. The first kappa shape index (κ1) is 13.5. The summed E-state index contributed by atoms with van der Waals surface area (Å²) in [5, 5.41) is 22.9. The van der Waals surface area contributed by atoms with Crippen molar-refractivity contribution in [1.29, 1.82) is 0 Å². The molecule has 0 atom stereocenters. The van der Waals surface area contributed by atoms with E-state index >= 15 is 0 Å². The maximum absolute atomic E-state index is 12.0. The van der Waals surface area contributed by atoms with Crippen LogP contribution in [-0.2, 0) is 0 Å². The average molecular weight is 272 g/mol. The molecule has 0 saturated carbocycles. The van der Waals surface area contributed by atoms with E-state index in [4.69, 9.17) is 0 Å². The second kappa shape index (κ2) is 5.40. The second-order valence-corrected chi connectivity index (χ2v) is 4.23. The van der Waals surface area contributed by atoms with Gasteiger partial charge >= 0.3 is 0 Å². The molecule has 0 aliphatic carbocycles. The van der Waals surface area contributed by atoms with Crippen LogP contribution >= 0.6 is 0 Å². The predicted molar refractivity (Wildman–Crippen MR) is 73.9 cm³/mol. The molecule has 102 valence electrons. The smallest absolute Gasteiger partial charge is 0.273 e.